The number of methoxy groups -OCH3 is 1. The molecule has 5 nitrogen and oxygen atoms in total. The van der Waals surface area contributed by atoms with Crippen LogP contribution in [-0.2, 0) is 0 Å². The molecule has 4 rings (SSSR count). The van der Waals surface area contributed by atoms with Gasteiger partial charge >= 0.3 is 0 Å². The summed E-state index contributed by atoms with van der Waals surface area (Å²) in [6.45, 7) is 0. The van der Waals surface area contributed by atoms with Gasteiger partial charge in [-0.2, -0.15) is 0 Å². The topological polar surface area (TPSA) is 61.8 Å². The van der Waals surface area contributed by atoms with Gasteiger partial charge in [-0.15, -0.1) is 0 Å². The van der Waals surface area contributed by atoms with Gasteiger partial charge in [-0.3, -0.25) is 9.69 Å². The number of nitrogens with one attached hydrogen (secondary N) is 1. The maximum atomic E-state index is 13.3. The van der Waals surface area contributed by atoms with Crippen molar-refractivity contribution >= 4 is 28.9 Å². The minimum atomic E-state index is -0.608. The van der Waals surface area contributed by atoms with Crippen LogP contribution in [0.4, 0.5) is 11.4 Å². The number of hydrogen-bond donors (Lipinski definition) is 2. The fourth-order valence-corrected chi connectivity index (χ4v) is 3.34. The molecule has 0 spiro atoms. The molecule has 0 saturated heterocycles. The van der Waals surface area contributed by atoms with E-state index in [1.165, 1.54) is 0 Å². The Morgan fingerprint density at radius 3 is 2.56 bits per heavy atom. The standard InChI is InChI=1S/C21H17ClN2O3/c1-27-15-10-11-19(25)17(12-15)20-23-18-5-3-2-4-16(18)21(26)24(20)14-8-6-13(22)7-9-14/h2-12,20,23,25H,1H3. The van der Waals surface area contributed by atoms with Gasteiger partial charge in [-0.05, 0) is 54.6 Å². The highest BCUT2D eigenvalue weighted by Gasteiger charge is 2.35. The summed E-state index contributed by atoms with van der Waals surface area (Å²) in [4.78, 5) is 14.9. The lowest BCUT2D eigenvalue weighted by atomic mass is 10.0. The van der Waals surface area contributed by atoms with Crippen molar-refractivity contribution in [3.05, 3.63) is 82.9 Å². The van der Waals surface area contributed by atoms with Crippen LogP contribution in [0.25, 0.3) is 0 Å². The van der Waals surface area contributed by atoms with Crippen molar-refractivity contribution in [2.75, 3.05) is 17.3 Å². The van der Waals surface area contributed by atoms with E-state index < -0.39 is 6.17 Å². The molecule has 136 valence electrons. The molecular weight excluding hydrogens is 364 g/mol. The number of phenolic OH excluding ortho intramolecular Hbond substituents is 1. The van der Waals surface area contributed by atoms with Crippen molar-refractivity contribution in [1.29, 1.82) is 0 Å². The first-order valence-electron chi connectivity index (χ1n) is 8.40. The Hall–Kier alpha value is -3.18. The zero-order chi connectivity index (χ0) is 19.0. The molecule has 0 aliphatic carbocycles. The second-order valence-corrected chi connectivity index (χ2v) is 6.61. The smallest absolute Gasteiger partial charge is 0.262 e. The van der Waals surface area contributed by atoms with E-state index in [9.17, 15) is 9.90 Å². The first-order chi connectivity index (χ1) is 13.1. The van der Waals surface area contributed by atoms with E-state index in [0.717, 1.165) is 0 Å². The number of carbonyl (C=O) groups is 1. The molecule has 2 N–H and O–H groups in total. The summed E-state index contributed by atoms with van der Waals surface area (Å²) < 4.78 is 5.29. The van der Waals surface area contributed by atoms with Crippen LogP contribution in [0, 0.1) is 0 Å². The van der Waals surface area contributed by atoms with Crippen LogP contribution >= 0.6 is 11.6 Å². The minimum absolute atomic E-state index is 0.0689. The molecule has 1 heterocycles. The zero-order valence-corrected chi connectivity index (χ0v) is 15.3. The molecule has 0 radical (unpaired) electrons. The third-order valence-electron chi connectivity index (χ3n) is 4.56. The molecule has 3 aromatic carbocycles. The lowest BCUT2D eigenvalue weighted by molar-refractivity contribution is 0.0974. The SMILES string of the molecule is COc1ccc(O)c(C2Nc3ccccc3C(=O)N2c2ccc(Cl)cc2)c1. The fraction of sp³-hybridized carbons (Fsp3) is 0.0952. The number of halogens is 1. The van der Waals surface area contributed by atoms with Crippen LogP contribution in [-0.4, -0.2) is 18.1 Å². The second kappa shape index (κ2) is 6.85. The second-order valence-electron chi connectivity index (χ2n) is 6.17. The van der Waals surface area contributed by atoms with Crippen molar-refractivity contribution in [2.45, 2.75) is 6.17 Å². The van der Waals surface area contributed by atoms with E-state index in [1.54, 1.807) is 60.5 Å². The van der Waals surface area contributed by atoms with Gasteiger partial charge in [0.1, 0.15) is 17.7 Å². The number of nitrogens with zero attached hydrogens (tertiary/aromatic N) is 1. The van der Waals surface area contributed by atoms with Crippen LogP contribution < -0.4 is 15.0 Å². The van der Waals surface area contributed by atoms with Crippen molar-refractivity contribution < 1.29 is 14.6 Å². The predicted molar refractivity (Wildman–Crippen MR) is 106 cm³/mol. The number of aromatic hydroxyl groups is 1. The van der Waals surface area contributed by atoms with Gasteiger partial charge in [-0.1, -0.05) is 23.7 Å². The summed E-state index contributed by atoms with van der Waals surface area (Å²) in [6.07, 6.45) is -0.608. The zero-order valence-electron chi connectivity index (χ0n) is 14.5. The largest absolute Gasteiger partial charge is 0.508 e. The quantitative estimate of drug-likeness (QED) is 0.683. The Morgan fingerprint density at radius 2 is 1.81 bits per heavy atom. The molecule has 0 fully saturated rings. The molecule has 1 unspecified atom stereocenters. The van der Waals surface area contributed by atoms with Gasteiger partial charge in [0.25, 0.3) is 5.91 Å². The molecular formula is C21H17ClN2O3. The summed E-state index contributed by atoms with van der Waals surface area (Å²) in [6, 6.07) is 19.3. The van der Waals surface area contributed by atoms with Gasteiger partial charge in [-0.25, -0.2) is 0 Å². The number of fused-ring (bicyclic) bond motifs is 1. The molecule has 1 aliphatic heterocycles. The van der Waals surface area contributed by atoms with Crippen LogP contribution in [0.15, 0.2) is 66.7 Å². The van der Waals surface area contributed by atoms with Crippen molar-refractivity contribution in [3.8, 4) is 11.5 Å². The molecule has 3 aromatic rings. The van der Waals surface area contributed by atoms with E-state index in [-0.39, 0.29) is 11.7 Å². The molecule has 0 saturated carbocycles. The lowest BCUT2D eigenvalue weighted by Gasteiger charge is -2.38. The number of rotatable bonds is 3. The predicted octanol–water partition coefficient (Wildman–Crippen LogP) is 4.83. The monoisotopic (exact) mass is 380 g/mol. The Kier molecular flexibility index (Phi) is 4.38. The number of carbonyl (C=O) groups excluding carboxylic acids is 1. The normalized spacial score (nSPS) is 15.9. The molecule has 0 bridgehead atoms. The first-order valence-corrected chi connectivity index (χ1v) is 8.78. The number of anilines is 2. The third kappa shape index (κ3) is 3.06. The van der Waals surface area contributed by atoms with E-state index in [2.05, 4.69) is 5.32 Å². The van der Waals surface area contributed by atoms with Gasteiger partial charge in [0.2, 0.25) is 0 Å². The van der Waals surface area contributed by atoms with Gasteiger partial charge < -0.3 is 15.2 Å². The Morgan fingerprint density at radius 1 is 1.07 bits per heavy atom. The molecule has 6 heteroatoms. The Labute approximate surface area is 161 Å². The van der Waals surface area contributed by atoms with E-state index in [1.807, 2.05) is 18.2 Å². The lowest BCUT2D eigenvalue weighted by Crippen LogP contribution is -2.43. The molecule has 27 heavy (non-hydrogen) atoms. The fourth-order valence-electron chi connectivity index (χ4n) is 3.22. The van der Waals surface area contributed by atoms with Crippen LogP contribution in [0.2, 0.25) is 5.02 Å². The Bertz CT molecular complexity index is 1000. The summed E-state index contributed by atoms with van der Waals surface area (Å²) in [5, 5.41) is 14.4. The molecule has 0 aromatic heterocycles. The third-order valence-corrected chi connectivity index (χ3v) is 4.81. The van der Waals surface area contributed by atoms with Gasteiger partial charge in [0.15, 0.2) is 0 Å². The summed E-state index contributed by atoms with van der Waals surface area (Å²) >= 11 is 6.01. The average Bonchev–Trinajstić information content (AvgIpc) is 2.69. The van der Waals surface area contributed by atoms with Crippen molar-refractivity contribution in [3.63, 3.8) is 0 Å². The van der Waals surface area contributed by atoms with Crippen LogP contribution in [0.3, 0.4) is 0 Å². The van der Waals surface area contributed by atoms with E-state index in [4.69, 9.17) is 16.3 Å². The van der Waals surface area contributed by atoms with Crippen LogP contribution in [0.5, 0.6) is 11.5 Å². The number of ether oxygens (including phenoxy) is 1. The summed E-state index contributed by atoms with van der Waals surface area (Å²) in [5.74, 6) is 0.491. The summed E-state index contributed by atoms with van der Waals surface area (Å²) in [7, 11) is 1.56. The van der Waals surface area contributed by atoms with Gasteiger partial charge in [0.05, 0.1) is 12.7 Å². The Balaban J connectivity index is 1.89. The molecule has 1 atom stereocenters. The number of para-hydroxylation sites is 1. The number of hydrogen-bond acceptors (Lipinski definition) is 4. The van der Waals surface area contributed by atoms with Crippen molar-refractivity contribution in [2.24, 2.45) is 0 Å². The average molecular weight is 381 g/mol. The molecule has 1 aliphatic rings. The highest BCUT2D eigenvalue weighted by molar-refractivity contribution is 6.30. The minimum Gasteiger partial charge on any atom is -0.508 e. The first kappa shape index (κ1) is 17.2. The number of benzene rings is 3. The van der Waals surface area contributed by atoms with Gasteiger partial charge in [0, 0.05) is 22.0 Å². The maximum Gasteiger partial charge on any atom is 0.262 e. The van der Waals surface area contributed by atoms with Crippen molar-refractivity contribution in [1.82, 2.24) is 0 Å². The molecule has 1 amide bonds. The maximum absolute atomic E-state index is 13.3. The van der Waals surface area contributed by atoms with E-state index >= 15 is 0 Å². The number of phenols is 1. The number of amides is 1. The van der Waals surface area contributed by atoms with Crippen LogP contribution in [0.1, 0.15) is 22.1 Å². The summed E-state index contributed by atoms with van der Waals surface area (Å²) in [5.41, 5.74) is 2.47. The highest BCUT2D eigenvalue weighted by atomic mass is 35.5. The highest BCUT2D eigenvalue weighted by Crippen LogP contribution is 2.40. The van der Waals surface area contributed by atoms with E-state index in [0.29, 0.717) is 33.3 Å².